The Balaban J connectivity index is 1.68. The van der Waals surface area contributed by atoms with Crippen LogP contribution in [-0.2, 0) is 0 Å². The maximum absolute atomic E-state index is 6.02. The zero-order valence-electron chi connectivity index (χ0n) is 15.3. The Morgan fingerprint density at radius 3 is 2.57 bits per heavy atom. The number of nitrogens with zero attached hydrogens (tertiary/aromatic N) is 5. The van der Waals surface area contributed by atoms with Gasteiger partial charge in [-0.05, 0) is 41.5 Å². The molecule has 0 saturated heterocycles. The predicted octanol–water partition coefficient (Wildman–Crippen LogP) is 4.29. The first-order chi connectivity index (χ1) is 13.7. The van der Waals surface area contributed by atoms with Crippen LogP contribution in [0, 0.1) is 0 Å². The number of benzene rings is 3. The summed E-state index contributed by atoms with van der Waals surface area (Å²) in [6.45, 7) is 0. The van der Waals surface area contributed by atoms with E-state index >= 15 is 0 Å². The Labute approximate surface area is 161 Å². The van der Waals surface area contributed by atoms with Gasteiger partial charge in [0.25, 0.3) is 5.78 Å². The van der Waals surface area contributed by atoms with Gasteiger partial charge in [0.05, 0.1) is 5.52 Å². The monoisotopic (exact) mass is 366 g/mol. The van der Waals surface area contributed by atoms with Crippen molar-refractivity contribution in [3.63, 3.8) is 0 Å². The minimum atomic E-state index is 0.541. The molecule has 0 atom stereocenters. The zero-order valence-corrected chi connectivity index (χ0v) is 15.3. The van der Waals surface area contributed by atoms with Gasteiger partial charge in [0, 0.05) is 23.8 Å². The van der Waals surface area contributed by atoms with E-state index < -0.39 is 0 Å². The number of hydrogen-bond acceptors (Lipinski definition) is 5. The van der Waals surface area contributed by atoms with Crippen LogP contribution in [0.1, 0.15) is 0 Å². The molecule has 0 fully saturated rings. The highest BCUT2D eigenvalue weighted by Crippen LogP contribution is 2.32. The SMILES string of the molecule is CN(c1cccc(-c2ccccc2)c1)c1nc2nncn2c2cc(N)ccc12. The van der Waals surface area contributed by atoms with Gasteiger partial charge >= 0.3 is 0 Å². The molecule has 0 aliphatic carbocycles. The van der Waals surface area contributed by atoms with Gasteiger partial charge in [-0.2, -0.15) is 4.98 Å². The Kier molecular flexibility index (Phi) is 3.69. The van der Waals surface area contributed by atoms with Crippen molar-refractivity contribution in [1.29, 1.82) is 0 Å². The summed E-state index contributed by atoms with van der Waals surface area (Å²) in [5, 5.41) is 9.11. The molecule has 6 nitrogen and oxygen atoms in total. The molecule has 0 amide bonds. The molecule has 0 aliphatic heterocycles. The van der Waals surface area contributed by atoms with Crippen LogP contribution >= 0.6 is 0 Å². The van der Waals surface area contributed by atoms with Gasteiger partial charge in [0.15, 0.2) is 0 Å². The number of rotatable bonds is 3. The summed E-state index contributed by atoms with van der Waals surface area (Å²) >= 11 is 0. The number of fused-ring (bicyclic) bond motifs is 3. The molecule has 0 spiro atoms. The molecule has 0 bridgehead atoms. The van der Waals surface area contributed by atoms with Gasteiger partial charge in [-0.25, -0.2) is 0 Å². The summed E-state index contributed by atoms with van der Waals surface area (Å²) in [4.78, 5) is 6.82. The number of hydrogen-bond donors (Lipinski definition) is 1. The lowest BCUT2D eigenvalue weighted by atomic mass is 10.0. The van der Waals surface area contributed by atoms with Crippen LogP contribution in [-0.4, -0.2) is 26.6 Å². The second kappa shape index (κ2) is 6.35. The van der Waals surface area contributed by atoms with E-state index in [4.69, 9.17) is 10.7 Å². The second-order valence-corrected chi connectivity index (χ2v) is 6.69. The molecule has 2 aromatic heterocycles. The number of aromatic nitrogens is 4. The molecule has 2 N–H and O–H groups in total. The lowest BCUT2D eigenvalue weighted by Gasteiger charge is -2.21. The fourth-order valence-corrected chi connectivity index (χ4v) is 3.47. The van der Waals surface area contributed by atoms with Gasteiger partial charge in [-0.3, -0.25) is 4.40 Å². The van der Waals surface area contributed by atoms with E-state index in [0.29, 0.717) is 11.5 Å². The molecule has 0 saturated carbocycles. The molecule has 2 heterocycles. The van der Waals surface area contributed by atoms with Crippen LogP contribution in [0.25, 0.3) is 27.8 Å². The lowest BCUT2D eigenvalue weighted by molar-refractivity contribution is 1.08. The summed E-state index contributed by atoms with van der Waals surface area (Å²) in [6.07, 6.45) is 1.66. The normalized spacial score (nSPS) is 11.2. The Morgan fingerprint density at radius 1 is 0.893 bits per heavy atom. The molecule has 6 heteroatoms. The van der Waals surface area contributed by atoms with Gasteiger partial charge in [0.1, 0.15) is 12.1 Å². The van der Waals surface area contributed by atoms with Crippen LogP contribution in [0.5, 0.6) is 0 Å². The van der Waals surface area contributed by atoms with Crippen molar-refractivity contribution < 1.29 is 0 Å². The average molecular weight is 366 g/mol. The number of nitrogens with two attached hydrogens (primary N) is 1. The van der Waals surface area contributed by atoms with Gasteiger partial charge < -0.3 is 10.6 Å². The third-order valence-corrected chi connectivity index (χ3v) is 4.92. The summed E-state index contributed by atoms with van der Waals surface area (Å²) < 4.78 is 1.85. The topological polar surface area (TPSA) is 72.3 Å². The maximum atomic E-state index is 6.02. The van der Waals surface area contributed by atoms with Crippen molar-refractivity contribution in [2.24, 2.45) is 0 Å². The molecular weight excluding hydrogens is 348 g/mol. The van der Waals surface area contributed by atoms with E-state index in [1.54, 1.807) is 6.33 Å². The smallest absolute Gasteiger partial charge is 0.257 e. The Bertz CT molecular complexity index is 1290. The standard InChI is InChI=1S/C22H18N6/c1-27(18-9-5-8-16(12-18)15-6-3-2-4-7-15)21-19-11-10-17(23)13-20(19)28-14-24-26-22(28)25-21/h2-14H,23H2,1H3. The van der Waals surface area contributed by atoms with Crippen LogP contribution in [0.2, 0.25) is 0 Å². The van der Waals surface area contributed by atoms with E-state index in [0.717, 1.165) is 28.0 Å². The van der Waals surface area contributed by atoms with E-state index in [-0.39, 0.29) is 0 Å². The fraction of sp³-hybridized carbons (Fsp3) is 0.0455. The van der Waals surface area contributed by atoms with E-state index in [1.165, 1.54) is 5.56 Å². The highest BCUT2D eigenvalue weighted by atomic mass is 15.3. The van der Waals surface area contributed by atoms with Crippen LogP contribution in [0.15, 0.2) is 79.1 Å². The van der Waals surface area contributed by atoms with Gasteiger partial charge in [-0.1, -0.05) is 42.5 Å². The van der Waals surface area contributed by atoms with E-state index in [9.17, 15) is 0 Å². The van der Waals surface area contributed by atoms with Gasteiger partial charge in [0.2, 0.25) is 0 Å². The van der Waals surface area contributed by atoms with Crippen molar-refractivity contribution in [3.05, 3.63) is 79.1 Å². The van der Waals surface area contributed by atoms with Crippen molar-refractivity contribution in [2.45, 2.75) is 0 Å². The summed E-state index contributed by atoms with van der Waals surface area (Å²) in [7, 11) is 2.01. The molecule has 0 radical (unpaired) electrons. The largest absolute Gasteiger partial charge is 0.399 e. The highest BCUT2D eigenvalue weighted by molar-refractivity contribution is 5.95. The third-order valence-electron chi connectivity index (χ3n) is 4.92. The lowest BCUT2D eigenvalue weighted by Crippen LogP contribution is -2.13. The third kappa shape index (κ3) is 2.63. The maximum Gasteiger partial charge on any atom is 0.257 e. The van der Waals surface area contributed by atoms with Crippen molar-refractivity contribution in [1.82, 2.24) is 19.6 Å². The van der Waals surface area contributed by atoms with E-state index in [1.807, 2.05) is 47.8 Å². The van der Waals surface area contributed by atoms with Crippen molar-refractivity contribution in [3.8, 4) is 11.1 Å². The summed E-state index contributed by atoms with van der Waals surface area (Å²) in [5.41, 5.74) is 11.0. The Morgan fingerprint density at radius 2 is 1.71 bits per heavy atom. The molecule has 5 rings (SSSR count). The highest BCUT2D eigenvalue weighted by Gasteiger charge is 2.15. The molecule has 5 aromatic rings. The average Bonchev–Trinajstić information content (AvgIpc) is 3.22. The summed E-state index contributed by atoms with van der Waals surface area (Å²) in [5.74, 6) is 1.35. The van der Waals surface area contributed by atoms with Crippen molar-refractivity contribution in [2.75, 3.05) is 17.7 Å². The molecule has 136 valence electrons. The first-order valence-electron chi connectivity index (χ1n) is 8.99. The quantitative estimate of drug-likeness (QED) is 0.482. The van der Waals surface area contributed by atoms with E-state index in [2.05, 4.69) is 51.5 Å². The first kappa shape index (κ1) is 16.3. The van der Waals surface area contributed by atoms with Crippen LogP contribution in [0.3, 0.4) is 0 Å². The second-order valence-electron chi connectivity index (χ2n) is 6.69. The van der Waals surface area contributed by atoms with Crippen molar-refractivity contribution >= 4 is 33.9 Å². The fourth-order valence-electron chi connectivity index (χ4n) is 3.47. The molecule has 3 aromatic carbocycles. The predicted molar refractivity (Wildman–Crippen MR) is 113 cm³/mol. The first-order valence-corrected chi connectivity index (χ1v) is 8.99. The molecule has 28 heavy (non-hydrogen) atoms. The molecule has 0 unspecified atom stereocenters. The summed E-state index contributed by atoms with van der Waals surface area (Å²) in [6, 6.07) is 24.5. The number of nitrogen functional groups attached to an aromatic ring is 1. The minimum Gasteiger partial charge on any atom is -0.399 e. The van der Waals surface area contributed by atoms with Crippen LogP contribution in [0.4, 0.5) is 17.2 Å². The zero-order chi connectivity index (χ0) is 19.1. The molecular formula is C22H18N6. The minimum absolute atomic E-state index is 0.541. The van der Waals surface area contributed by atoms with Crippen LogP contribution < -0.4 is 10.6 Å². The number of anilines is 3. The van der Waals surface area contributed by atoms with Gasteiger partial charge in [-0.15, -0.1) is 10.2 Å². The molecule has 0 aliphatic rings. The Hall–Kier alpha value is -3.93.